The maximum atomic E-state index is 4.85. The van der Waals surface area contributed by atoms with E-state index in [1.807, 2.05) is 12.2 Å². The van der Waals surface area contributed by atoms with Crippen molar-refractivity contribution < 1.29 is 0 Å². The van der Waals surface area contributed by atoms with Crippen LogP contribution in [-0.2, 0) is 0 Å². The summed E-state index contributed by atoms with van der Waals surface area (Å²) >= 11 is 8.15. The van der Waals surface area contributed by atoms with Crippen molar-refractivity contribution in [3.8, 4) is 0 Å². The van der Waals surface area contributed by atoms with Crippen LogP contribution in [0.4, 0.5) is 0 Å². The Morgan fingerprint density at radius 1 is 1.75 bits per heavy atom. The first-order valence-electron chi connectivity index (χ1n) is 2.27. The molecular weight excluding hydrogens is 184 g/mol. The van der Waals surface area contributed by atoms with Gasteiger partial charge in [0.2, 0.25) is 0 Å². The summed E-state index contributed by atoms with van der Waals surface area (Å²) in [4.78, 5) is 0.883. The summed E-state index contributed by atoms with van der Waals surface area (Å²) < 4.78 is 1.08. The Kier molecular flexibility index (Phi) is 1.97. The lowest BCUT2D eigenvalue weighted by molar-refractivity contribution is 1.48. The predicted molar refractivity (Wildman–Crippen MR) is 42.0 cm³/mol. The van der Waals surface area contributed by atoms with E-state index in [9.17, 15) is 0 Å². The fraction of sp³-hybridized carbons (Fsp3) is 0.167. The van der Waals surface area contributed by atoms with Crippen molar-refractivity contribution >= 4 is 33.0 Å². The molecule has 1 aliphatic carbocycles. The number of halogens is 1. The Morgan fingerprint density at radius 3 is 2.88 bits per heavy atom. The van der Waals surface area contributed by atoms with Crippen LogP contribution >= 0.6 is 28.1 Å². The maximum Gasteiger partial charge on any atom is 0.0269 e. The molecule has 0 atom stereocenters. The van der Waals surface area contributed by atoms with Gasteiger partial charge in [-0.15, -0.1) is 0 Å². The Bertz CT molecular complexity index is 165. The Balaban J connectivity index is 2.71. The van der Waals surface area contributed by atoms with Crippen molar-refractivity contribution in [2.45, 2.75) is 6.42 Å². The van der Waals surface area contributed by atoms with Gasteiger partial charge in [0.1, 0.15) is 0 Å². The minimum Gasteiger partial charge on any atom is -0.0839 e. The molecule has 0 fully saturated rings. The number of thiocarbonyl (C=S) groups is 1. The third-order valence-corrected chi connectivity index (χ3v) is 1.69. The second kappa shape index (κ2) is 2.55. The molecule has 1 rings (SSSR count). The van der Waals surface area contributed by atoms with Gasteiger partial charge in [-0.2, -0.15) is 0 Å². The standard InChI is InChI=1S/C6H4BrS/c7-5-1-3-6(8)4-2-5/h1-2H,3H2. The highest BCUT2D eigenvalue weighted by Crippen LogP contribution is 2.12. The SMILES string of the molecule is S=C1[C]=CC(Br)=CC1. The molecule has 0 aromatic rings. The van der Waals surface area contributed by atoms with Gasteiger partial charge in [-0.3, -0.25) is 0 Å². The van der Waals surface area contributed by atoms with Crippen LogP contribution < -0.4 is 0 Å². The summed E-state index contributed by atoms with van der Waals surface area (Å²) in [6.45, 7) is 0. The summed E-state index contributed by atoms with van der Waals surface area (Å²) in [5.41, 5.74) is 0. The highest BCUT2D eigenvalue weighted by atomic mass is 79.9. The molecule has 0 heterocycles. The first-order valence-corrected chi connectivity index (χ1v) is 3.47. The van der Waals surface area contributed by atoms with E-state index in [0.29, 0.717) is 0 Å². The van der Waals surface area contributed by atoms with Crippen molar-refractivity contribution in [3.05, 3.63) is 22.7 Å². The average molecular weight is 188 g/mol. The number of allylic oxidation sites excluding steroid dienone is 4. The van der Waals surface area contributed by atoms with E-state index in [4.69, 9.17) is 12.2 Å². The normalized spacial score (nSPS) is 18.6. The molecule has 0 nitrogen and oxygen atoms in total. The number of rotatable bonds is 0. The molecule has 0 saturated heterocycles. The van der Waals surface area contributed by atoms with E-state index >= 15 is 0 Å². The van der Waals surface area contributed by atoms with Crippen molar-refractivity contribution in [1.29, 1.82) is 0 Å². The van der Waals surface area contributed by atoms with Gasteiger partial charge in [-0.1, -0.05) is 34.2 Å². The molecule has 0 N–H and O–H groups in total. The molecule has 0 aromatic heterocycles. The van der Waals surface area contributed by atoms with Crippen LogP contribution in [0, 0.1) is 6.08 Å². The average Bonchev–Trinajstić information content (AvgIpc) is 1.77. The molecule has 2 heteroatoms. The molecule has 8 heavy (non-hydrogen) atoms. The van der Waals surface area contributed by atoms with Gasteiger partial charge in [-0.05, 0) is 12.2 Å². The lowest BCUT2D eigenvalue weighted by atomic mass is 10.2. The molecule has 0 aliphatic heterocycles. The largest absolute Gasteiger partial charge is 0.0839 e. The minimum atomic E-state index is 0.854. The van der Waals surface area contributed by atoms with Gasteiger partial charge in [0, 0.05) is 15.8 Å². The van der Waals surface area contributed by atoms with E-state index in [2.05, 4.69) is 22.0 Å². The molecule has 41 valence electrons. The zero-order valence-electron chi connectivity index (χ0n) is 4.15. The van der Waals surface area contributed by atoms with E-state index < -0.39 is 0 Å². The van der Waals surface area contributed by atoms with Crippen LogP contribution in [-0.4, -0.2) is 4.86 Å². The molecule has 1 radical (unpaired) electrons. The summed E-state index contributed by atoms with van der Waals surface area (Å²) in [6, 6.07) is 0. The predicted octanol–water partition coefficient (Wildman–Crippen LogP) is 2.40. The number of hydrogen-bond donors (Lipinski definition) is 0. The van der Waals surface area contributed by atoms with Crippen LogP contribution in [0.5, 0.6) is 0 Å². The van der Waals surface area contributed by atoms with Crippen LogP contribution in [0.3, 0.4) is 0 Å². The first-order chi connectivity index (χ1) is 3.79. The van der Waals surface area contributed by atoms with E-state index in [1.165, 1.54) is 0 Å². The lowest BCUT2D eigenvalue weighted by Gasteiger charge is -1.96. The monoisotopic (exact) mass is 187 g/mol. The number of hydrogen-bond acceptors (Lipinski definition) is 1. The smallest absolute Gasteiger partial charge is 0.0269 e. The van der Waals surface area contributed by atoms with Gasteiger partial charge < -0.3 is 0 Å². The third kappa shape index (κ3) is 1.53. The van der Waals surface area contributed by atoms with E-state index in [1.54, 1.807) is 0 Å². The van der Waals surface area contributed by atoms with Crippen molar-refractivity contribution in [1.82, 2.24) is 0 Å². The minimum absolute atomic E-state index is 0.854. The molecule has 0 bridgehead atoms. The van der Waals surface area contributed by atoms with Crippen LogP contribution in [0.2, 0.25) is 0 Å². The van der Waals surface area contributed by atoms with E-state index in [-0.39, 0.29) is 0 Å². The Morgan fingerprint density at radius 2 is 2.50 bits per heavy atom. The maximum absolute atomic E-state index is 4.85. The molecule has 0 spiro atoms. The molecule has 0 amide bonds. The molecule has 1 aliphatic rings. The van der Waals surface area contributed by atoms with Crippen LogP contribution in [0.25, 0.3) is 0 Å². The second-order valence-electron chi connectivity index (χ2n) is 1.50. The fourth-order valence-corrected chi connectivity index (χ4v) is 0.876. The van der Waals surface area contributed by atoms with Crippen molar-refractivity contribution in [3.63, 3.8) is 0 Å². The summed E-state index contributed by atoms with van der Waals surface area (Å²) in [7, 11) is 0. The third-order valence-electron chi connectivity index (χ3n) is 0.854. The summed E-state index contributed by atoms with van der Waals surface area (Å²) in [6.07, 6.45) is 7.64. The molecule has 0 unspecified atom stereocenters. The van der Waals surface area contributed by atoms with Gasteiger partial charge in [0.15, 0.2) is 0 Å². The summed E-state index contributed by atoms with van der Waals surface area (Å²) in [5, 5.41) is 0. The topological polar surface area (TPSA) is 0 Å². The fourth-order valence-electron chi connectivity index (χ4n) is 0.457. The highest BCUT2D eigenvalue weighted by Gasteiger charge is 1.95. The first kappa shape index (κ1) is 6.17. The lowest BCUT2D eigenvalue weighted by Crippen LogP contribution is -1.90. The van der Waals surface area contributed by atoms with Crippen molar-refractivity contribution in [2.75, 3.05) is 0 Å². The van der Waals surface area contributed by atoms with Gasteiger partial charge in [0.05, 0.1) is 0 Å². The zero-order valence-corrected chi connectivity index (χ0v) is 6.55. The Labute approximate surface area is 62.4 Å². The van der Waals surface area contributed by atoms with Crippen LogP contribution in [0.15, 0.2) is 16.6 Å². The van der Waals surface area contributed by atoms with Crippen LogP contribution in [0.1, 0.15) is 6.42 Å². The Hall–Kier alpha value is 0.0500. The van der Waals surface area contributed by atoms with Crippen molar-refractivity contribution in [2.24, 2.45) is 0 Å². The molecule has 0 saturated carbocycles. The van der Waals surface area contributed by atoms with Gasteiger partial charge in [-0.25, -0.2) is 0 Å². The highest BCUT2D eigenvalue weighted by molar-refractivity contribution is 9.11. The zero-order chi connectivity index (χ0) is 5.98. The van der Waals surface area contributed by atoms with E-state index in [0.717, 1.165) is 15.8 Å². The molecular formula is C6H4BrS. The van der Waals surface area contributed by atoms with Gasteiger partial charge in [0.25, 0.3) is 0 Å². The second-order valence-corrected chi connectivity index (χ2v) is 2.91. The molecule has 0 aromatic carbocycles. The summed E-state index contributed by atoms with van der Waals surface area (Å²) in [5.74, 6) is 0. The van der Waals surface area contributed by atoms with Gasteiger partial charge >= 0.3 is 0 Å². The quantitative estimate of drug-likeness (QED) is 0.526.